The number of Topliss-reactive ketones (excluding diaryl/α,β-unsaturated/α-hetero) is 1. The summed E-state index contributed by atoms with van der Waals surface area (Å²) in [4.78, 5) is 31.8. The number of aromatic hydroxyl groups is 1. The van der Waals surface area contributed by atoms with Gasteiger partial charge in [0.2, 0.25) is 0 Å². The minimum Gasteiger partial charge on any atom is -0.508 e. The fourth-order valence-corrected chi connectivity index (χ4v) is 3.89. The molecular weight excluding hydrogens is 424 g/mol. The third-order valence-electron chi connectivity index (χ3n) is 5.44. The number of rotatable bonds is 6. The van der Waals surface area contributed by atoms with E-state index in [1.165, 1.54) is 37.3 Å². The summed E-state index contributed by atoms with van der Waals surface area (Å²) >= 11 is 0. The molecule has 1 unspecified atom stereocenters. The van der Waals surface area contributed by atoms with Crippen molar-refractivity contribution in [3.8, 4) is 17.2 Å². The van der Waals surface area contributed by atoms with Crippen LogP contribution in [0.2, 0.25) is 0 Å². The van der Waals surface area contributed by atoms with Crippen LogP contribution in [0.25, 0.3) is 5.76 Å². The van der Waals surface area contributed by atoms with Gasteiger partial charge in [-0.1, -0.05) is 18.2 Å². The molecule has 2 aromatic carbocycles. The second-order valence-electron chi connectivity index (χ2n) is 7.41. The summed E-state index contributed by atoms with van der Waals surface area (Å²) in [5, 5.41) is 21.2. The maximum Gasteiger partial charge on any atom is 0.296 e. The average molecular weight is 446 g/mol. The summed E-state index contributed by atoms with van der Waals surface area (Å²) in [6.45, 7) is 0.0500. The summed E-state index contributed by atoms with van der Waals surface area (Å²) in [6.07, 6.45) is 1.60. The molecule has 0 saturated carbocycles. The maximum atomic E-state index is 13.1. The van der Waals surface area contributed by atoms with Crippen molar-refractivity contribution < 1.29 is 29.3 Å². The Bertz CT molecular complexity index is 1240. The normalized spacial score (nSPS) is 17.3. The number of likely N-dealkylation sites (tertiary alicyclic amines) is 1. The number of phenols is 1. The summed E-state index contributed by atoms with van der Waals surface area (Å²) in [5.74, 6) is -1.16. The Kier molecular flexibility index (Phi) is 5.99. The molecule has 1 fully saturated rings. The van der Waals surface area contributed by atoms with Gasteiger partial charge in [-0.3, -0.25) is 14.6 Å². The van der Waals surface area contributed by atoms with E-state index in [-0.39, 0.29) is 29.2 Å². The van der Waals surface area contributed by atoms with Crippen molar-refractivity contribution >= 4 is 17.4 Å². The first-order valence-corrected chi connectivity index (χ1v) is 10.1. The molecule has 1 aliphatic heterocycles. The highest BCUT2D eigenvalue weighted by Crippen LogP contribution is 2.41. The van der Waals surface area contributed by atoms with Gasteiger partial charge in [0.05, 0.1) is 38.1 Å². The van der Waals surface area contributed by atoms with Crippen LogP contribution in [0, 0.1) is 0 Å². The molecule has 4 rings (SSSR count). The van der Waals surface area contributed by atoms with E-state index < -0.39 is 17.7 Å². The number of hydrogen-bond acceptors (Lipinski definition) is 7. The van der Waals surface area contributed by atoms with Crippen molar-refractivity contribution in [2.75, 3.05) is 14.2 Å². The molecule has 8 heteroatoms. The first kappa shape index (κ1) is 21.9. The number of aliphatic hydroxyl groups is 1. The van der Waals surface area contributed by atoms with Crippen LogP contribution in [-0.4, -0.2) is 46.0 Å². The quantitative estimate of drug-likeness (QED) is 0.339. The lowest BCUT2D eigenvalue weighted by atomic mass is 9.95. The van der Waals surface area contributed by atoms with E-state index in [2.05, 4.69) is 4.98 Å². The van der Waals surface area contributed by atoms with E-state index >= 15 is 0 Å². The molecule has 3 aromatic rings. The van der Waals surface area contributed by atoms with Crippen LogP contribution in [0.5, 0.6) is 17.2 Å². The van der Waals surface area contributed by atoms with Crippen LogP contribution >= 0.6 is 0 Å². The summed E-state index contributed by atoms with van der Waals surface area (Å²) in [5.41, 5.74) is 1.25. The standard InChI is InChI=1S/C25H22N2O6/c1-32-19-10-9-16(13-20(19)33-2)23(29)21-22(15-6-5-8-18(28)12-15)27(25(31)24(21)30)14-17-7-3-4-11-26-17/h3-13,22,28-29H,14H2,1-2H3/b23-21-. The fraction of sp³-hybridized carbons (Fsp3) is 0.160. The Morgan fingerprint density at radius 1 is 1.00 bits per heavy atom. The molecule has 168 valence electrons. The lowest BCUT2D eigenvalue weighted by Gasteiger charge is -2.25. The van der Waals surface area contributed by atoms with Gasteiger partial charge in [-0.15, -0.1) is 0 Å². The molecule has 0 spiro atoms. The molecule has 33 heavy (non-hydrogen) atoms. The van der Waals surface area contributed by atoms with E-state index in [9.17, 15) is 19.8 Å². The minimum absolute atomic E-state index is 0.0259. The molecule has 1 aromatic heterocycles. The van der Waals surface area contributed by atoms with E-state index in [0.717, 1.165) is 0 Å². The number of pyridine rings is 1. The van der Waals surface area contributed by atoms with Gasteiger partial charge in [-0.05, 0) is 48.0 Å². The van der Waals surface area contributed by atoms with Crippen LogP contribution in [0.1, 0.15) is 22.9 Å². The van der Waals surface area contributed by atoms with Crippen molar-refractivity contribution in [1.29, 1.82) is 0 Å². The van der Waals surface area contributed by atoms with Gasteiger partial charge in [0, 0.05) is 11.8 Å². The molecule has 2 N–H and O–H groups in total. The molecule has 1 saturated heterocycles. The van der Waals surface area contributed by atoms with Crippen LogP contribution in [0.3, 0.4) is 0 Å². The number of carbonyl (C=O) groups excluding carboxylic acids is 2. The van der Waals surface area contributed by atoms with Crippen molar-refractivity contribution in [2.45, 2.75) is 12.6 Å². The summed E-state index contributed by atoms with van der Waals surface area (Å²) < 4.78 is 10.5. The number of carbonyl (C=O) groups is 2. The number of hydrogen-bond donors (Lipinski definition) is 2. The van der Waals surface area contributed by atoms with Gasteiger partial charge in [-0.2, -0.15) is 0 Å². The number of ketones is 1. The van der Waals surface area contributed by atoms with E-state index in [0.29, 0.717) is 22.8 Å². The predicted molar refractivity (Wildman–Crippen MR) is 120 cm³/mol. The van der Waals surface area contributed by atoms with Crippen molar-refractivity contribution in [1.82, 2.24) is 9.88 Å². The van der Waals surface area contributed by atoms with Gasteiger partial charge >= 0.3 is 0 Å². The summed E-state index contributed by atoms with van der Waals surface area (Å²) in [6, 6.07) is 15.3. The molecular formula is C25H22N2O6. The highest BCUT2D eigenvalue weighted by atomic mass is 16.5. The number of amides is 1. The highest BCUT2D eigenvalue weighted by molar-refractivity contribution is 6.46. The Balaban J connectivity index is 1.88. The zero-order valence-corrected chi connectivity index (χ0v) is 18.1. The number of aromatic nitrogens is 1. The molecule has 1 atom stereocenters. The Morgan fingerprint density at radius 3 is 2.45 bits per heavy atom. The first-order valence-electron chi connectivity index (χ1n) is 10.1. The van der Waals surface area contributed by atoms with Crippen LogP contribution < -0.4 is 9.47 Å². The second-order valence-corrected chi connectivity index (χ2v) is 7.41. The van der Waals surface area contributed by atoms with Gasteiger partial charge in [-0.25, -0.2) is 0 Å². The predicted octanol–water partition coefficient (Wildman–Crippen LogP) is 3.43. The van der Waals surface area contributed by atoms with E-state index in [4.69, 9.17) is 9.47 Å². The maximum absolute atomic E-state index is 13.1. The van der Waals surface area contributed by atoms with Crippen molar-refractivity contribution in [3.63, 3.8) is 0 Å². The number of phenolic OH excluding ortho intramolecular Hbond substituents is 1. The molecule has 1 aliphatic rings. The number of ether oxygens (including phenoxy) is 2. The fourth-order valence-electron chi connectivity index (χ4n) is 3.89. The first-order chi connectivity index (χ1) is 15.9. The number of nitrogens with zero attached hydrogens (tertiary/aromatic N) is 2. The molecule has 0 radical (unpaired) electrons. The van der Waals surface area contributed by atoms with Gasteiger partial charge < -0.3 is 24.6 Å². The zero-order valence-electron chi connectivity index (χ0n) is 18.1. The van der Waals surface area contributed by atoms with E-state index in [1.807, 2.05) is 0 Å². The lowest BCUT2D eigenvalue weighted by Crippen LogP contribution is -2.29. The average Bonchev–Trinajstić information content (AvgIpc) is 3.08. The number of aliphatic hydroxyl groups excluding tert-OH is 1. The molecule has 0 bridgehead atoms. The smallest absolute Gasteiger partial charge is 0.296 e. The topological polar surface area (TPSA) is 109 Å². The second kappa shape index (κ2) is 9.04. The lowest BCUT2D eigenvalue weighted by molar-refractivity contribution is -0.140. The third kappa shape index (κ3) is 4.10. The SMILES string of the molecule is COc1ccc(/C(O)=C2/C(=O)C(=O)N(Cc3ccccn3)C2c2cccc(O)c2)cc1OC. The van der Waals surface area contributed by atoms with Crippen molar-refractivity contribution in [2.24, 2.45) is 0 Å². The zero-order chi connectivity index (χ0) is 23.5. The number of methoxy groups -OCH3 is 2. The van der Waals surface area contributed by atoms with Gasteiger partial charge in [0.25, 0.3) is 11.7 Å². The van der Waals surface area contributed by atoms with Crippen LogP contribution in [0.4, 0.5) is 0 Å². The molecule has 8 nitrogen and oxygen atoms in total. The molecule has 0 aliphatic carbocycles. The Morgan fingerprint density at radius 2 is 1.79 bits per heavy atom. The van der Waals surface area contributed by atoms with Gasteiger partial charge in [0.15, 0.2) is 11.5 Å². The van der Waals surface area contributed by atoms with E-state index in [1.54, 1.807) is 48.7 Å². The highest BCUT2D eigenvalue weighted by Gasteiger charge is 2.46. The minimum atomic E-state index is -0.924. The number of benzene rings is 2. The van der Waals surface area contributed by atoms with Crippen LogP contribution in [-0.2, 0) is 16.1 Å². The monoisotopic (exact) mass is 446 g/mol. The van der Waals surface area contributed by atoms with Crippen LogP contribution in [0.15, 0.2) is 72.4 Å². The Hall–Kier alpha value is -4.33. The largest absolute Gasteiger partial charge is 0.508 e. The summed E-state index contributed by atoms with van der Waals surface area (Å²) in [7, 11) is 2.95. The molecule has 1 amide bonds. The van der Waals surface area contributed by atoms with Gasteiger partial charge in [0.1, 0.15) is 11.5 Å². The Labute approximate surface area is 190 Å². The molecule has 2 heterocycles. The third-order valence-corrected chi connectivity index (χ3v) is 5.44. The van der Waals surface area contributed by atoms with Crippen molar-refractivity contribution in [3.05, 3.63) is 89.3 Å².